The van der Waals surface area contributed by atoms with Crippen molar-refractivity contribution in [1.82, 2.24) is 0 Å². The number of nitrogens with zero attached hydrogens (tertiary/aromatic N) is 1. The van der Waals surface area contributed by atoms with Crippen LogP contribution in [0.1, 0.15) is 19.4 Å². The number of ether oxygens (including phenoxy) is 1. The molecule has 1 aromatic rings. The molecule has 0 saturated carbocycles. The van der Waals surface area contributed by atoms with Gasteiger partial charge in [-0.15, -0.1) is 0 Å². The number of anilines is 2. The molecule has 0 radical (unpaired) electrons. The van der Waals surface area contributed by atoms with Crippen LogP contribution in [0.4, 0.5) is 16.2 Å². The maximum absolute atomic E-state index is 11.5. The van der Waals surface area contributed by atoms with Crippen LogP contribution in [0.25, 0.3) is 0 Å². The molecular formula is C11H14N2O2. The van der Waals surface area contributed by atoms with Crippen LogP contribution in [-0.2, 0) is 10.3 Å². The Kier molecular flexibility index (Phi) is 1.89. The first-order chi connectivity index (χ1) is 6.92. The predicted molar refractivity (Wildman–Crippen MR) is 58.8 cm³/mol. The van der Waals surface area contributed by atoms with Crippen LogP contribution in [0.5, 0.6) is 0 Å². The van der Waals surface area contributed by atoms with Crippen molar-refractivity contribution in [3.05, 3.63) is 23.8 Å². The van der Waals surface area contributed by atoms with E-state index in [-0.39, 0.29) is 6.09 Å². The number of carbonyl (C=O) groups is 1. The molecule has 1 aliphatic heterocycles. The first-order valence-corrected chi connectivity index (χ1v) is 4.78. The smallest absolute Gasteiger partial charge is 0.414 e. The molecule has 15 heavy (non-hydrogen) atoms. The summed E-state index contributed by atoms with van der Waals surface area (Å²) in [7, 11) is 1.69. The van der Waals surface area contributed by atoms with Gasteiger partial charge in [0.25, 0.3) is 0 Å². The van der Waals surface area contributed by atoms with E-state index < -0.39 is 5.60 Å². The van der Waals surface area contributed by atoms with E-state index in [0.29, 0.717) is 5.69 Å². The van der Waals surface area contributed by atoms with Crippen LogP contribution < -0.4 is 10.6 Å². The molecule has 0 saturated heterocycles. The Labute approximate surface area is 88.6 Å². The van der Waals surface area contributed by atoms with Gasteiger partial charge in [-0.2, -0.15) is 0 Å². The average molecular weight is 206 g/mol. The molecule has 0 unspecified atom stereocenters. The van der Waals surface area contributed by atoms with E-state index in [0.717, 1.165) is 11.3 Å². The van der Waals surface area contributed by atoms with Crippen LogP contribution in [-0.4, -0.2) is 13.1 Å². The van der Waals surface area contributed by atoms with Crippen molar-refractivity contribution < 1.29 is 9.53 Å². The minimum Gasteiger partial charge on any atom is -0.438 e. The van der Waals surface area contributed by atoms with Crippen LogP contribution >= 0.6 is 0 Å². The minimum atomic E-state index is -0.617. The average Bonchev–Trinajstić information content (AvgIpc) is 2.14. The Balaban J connectivity index is 2.64. The summed E-state index contributed by atoms with van der Waals surface area (Å²) in [6.45, 7) is 3.71. The third-order valence-electron chi connectivity index (χ3n) is 2.65. The van der Waals surface area contributed by atoms with Crippen molar-refractivity contribution in [3.63, 3.8) is 0 Å². The van der Waals surface area contributed by atoms with E-state index in [1.807, 2.05) is 26.0 Å². The maximum Gasteiger partial charge on any atom is 0.414 e. The van der Waals surface area contributed by atoms with E-state index in [4.69, 9.17) is 10.5 Å². The molecule has 0 spiro atoms. The van der Waals surface area contributed by atoms with Gasteiger partial charge in [-0.25, -0.2) is 4.79 Å². The van der Waals surface area contributed by atoms with Gasteiger partial charge in [-0.1, -0.05) is 0 Å². The van der Waals surface area contributed by atoms with Crippen molar-refractivity contribution in [2.45, 2.75) is 19.4 Å². The molecule has 0 atom stereocenters. The third-order valence-corrected chi connectivity index (χ3v) is 2.65. The summed E-state index contributed by atoms with van der Waals surface area (Å²) in [5, 5.41) is 0. The van der Waals surface area contributed by atoms with Crippen LogP contribution in [0.3, 0.4) is 0 Å². The van der Waals surface area contributed by atoms with Gasteiger partial charge in [-0.3, -0.25) is 4.90 Å². The Hall–Kier alpha value is -1.71. The number of amides is 1. The summed E-state index contributed by atoms with van der Waals surface area (Å²) in [6.07, 6.45) is -0.336. The Morgan fingerprint density at radius 2 is 2.07 bits per heavy atom. The Morgan fingerprint density at radius 1 is 1.40 bits per heavy atom. The van der Waals surface area contributed by atoms with Gasteiger partial charge in [0.2, 0.25) is 0 Å². The standard InChI is InChI=1S/C11H14N2O2/c1-11(2)8-6-7(12)4-5-9(8)13(3)10(14)15-11/h4-6H,12H2,1-3H3. The lowest BCUT2D eigenvalue weighted by Crippen LogP contribution is -2.41. The molecule has 1 heterocycles. The van der Waals surface area contributed by atoms with E-state index in [2.05, 4.69) is 0 Å². The number of fused-ring (bicyclic) bond motifs is 1. The lowest BCUT2D eigenvalue weighted by molar-refractivity contribution is 0.0362. The fourth-order valence-corrected chi connectivity index (χ4v) is 1.77. The lowest BCUT2D eigenvalue weighted by Gasteiger charge is -2.36. The highest BCUT2D eigenvalue weighted by Crippen LogP contribution is 2.38. The zero-order chi connectivity index (χ0) is 11.2. The van der Waals surface area contributed by atoms with Gasteiger partial charge >= 0.3 is 6.09 Å². The number of benzene rings is 1. The summed E-state index contributed by atoms with van der Waals surface area (Å²) >= 11 is 0. The lowest BCUT2D eigenvalue weighted by atomic mass is 9.94. The molecule has 4 nitrogen and oxygen atoms in total. The second-order valence-corrected chi connectivity index (χ2v) is 4.21. The summed E-state index contributed by atoms with van der Waals surface area (Å²) in [5.74, 6) is 0. The van der Waals surface area contributed by atoms with Crippen LogP contribution in [0.15, 0.2) is 18.2 Å². The highest BCUT2D eigenvalue weighted by Gasteiger charge is 2.36. The highest BCUT2D eigenvalue weighted by atomic mass is 16.6. The van der Waals surface area contributed by atoms with E-state index >= 15 is 0 Å². The van der Waals surface area contributed by atoms with Crippen molar-refractivity contribution in [1.29, 1.82) is 0 Å². The van der Waals surface area contributed by atoms with Crippen molar-refractivity contribution >= 4 is 17.5 Å². The Bertz CT molecular complexity index is 427. The van der Waals surface area contributed by atoms with E-state index in [1.165, 1.54) is 4.90 Å². The number of nitrogen functional groups attached to an aromatic ring is 1. The minimum absolute atomic E-state index is 0.336. The zero-order valence-corrected chi connectivity index (χ0v) is 9.07. The largest absolute Gasteiger partial charge is 0.438 e. The summed E-state index contributed by atoms with van der Waals surface area (Å²) < 4.78 is 5.30. The van der Waals surface area contributed by atoms with Gasteiger partial charge in [0.1, 0.15) is 5.60 Å². The number of rotatable bonds is 0. The number of hydrogen-bond acceptors (Lipinski definition) is 3. The van der Waals surface area contributed by atoms with Crippen LogP contribution in [0.2, 0.25) is 0 Å². The summed E-state index contributed by atoms with van der Waals surface area (Å²) in [4.78, 5) is 13.0. The molecule has 2 N–H and O–H groups in total. The first-order valence-electron chi connectivity index (χ1n) is 4.78. The highest BCUT2D eigenvalue weighted by molar-refractivity contribution is 5.91. The molecular weight excluding hydrogens is 192 g/mol. The van der Waals surface area contributed by atoms with Gasteiger partial charge in [0, 0.05) is 18.3 Å². The normalized spacial score (nSPS) is 18.3. The van der Waals surface area contributed by atoms with E-state index in [1.54, 1.807) is 13.1 Å². The monoisotopic (exact) mass is 206 g/mol. The summed E-state index contributed by atoms with van der Waals surface area (Å²) in [6, 6.07) is 5.47. The predicted octanol–water partition coefficient (Wildman–Crippen LogP) is 2.09. The molecule has 0 aliphatic carbocycles. The molecule has 2 rings (SSSR count). The first kappa shape index (κ1) is 9.83. The zero-order valence-electron chi connectivity index (χ0n) is 9.07. The van der Waals surface area contributed by atoms with Crippen LogP contribution in [0, 0.1) is 0 Å². The van der Waals surface area contributed by atoms with Crippen molar-refractivity contribution in [2.24, 2.45) is 0 Å². The molecule has 0 aromatic heterocycles. The van der Waals surface area contributed by atoms with Gasteiger partial charge in [0.15, 0.2) is 0 Å². The van der Waals surface area contributed by atoms with Crippen molar-refractivity contribution in [2.75, 3.05) is 17.7 Å². The van der Waals surface area contributed by atoms with Crippen molar-refractivity contribution in [3.8, 4) is 0 Å². The molecule has 1 aromatic carbocycles. The van der Waals surface area contributed by atoms with Gasteiger partial charge in [0.05, 0.1) is 5.69 Å². The SMILES string of the molecule is CN1C(=O)OC(C)(C)c2cc(N)ccc21. The fraction of sp³-hybridized carbons (Fsp3) is 0.364. The molecule has 0 fully saturated rings. The molecule has 1 aliphatic rings. The number of hydrogen-bond donors (Lipinski definition) is 1. The number of cyclic esters (lactones) is 1. The van der Waals surface area contributed by atoms with Gasteiger partial charge in [-0.05, 0) is 32.0 Å². The molecule has 4 heteroatoms. The number of nitrogens with two attached hydrogens (primary N) is 1. The maximum atomic E-state index is 11.5. The quantitative estimate of drug-likeness (QED) is 0.661. The summed E-state index contributed by atoms with van der Waals surface area (Å²) in [5.41, 5.74) is 7.57. The fourth-order valence-electron chi connectivity index (χ4n) is 1.77. The second kappa shape index (κ2) is 2.89. The molecule has 80 valence electrons. The third kappa shape index (κ3) is 1.42. The molecule has 0 bridgehead atoms. The molecule has 1 amide bonds. The topological polar surface area (TPSA) is 55.6 Å². The van der Waals surface area contributed by atoms with E-state index in [9.17, 15) is 4.79 Å². The van der Waals surface area contributed by atoms with Gasteiger partial charge < -0.3 is 10.5 Å². The second-order valence-electron chi connectivity index (χ2n) is 4.21. The number of carbonyl (C=O) groups excluding carboxylic acids is 1. The Morgan fingerprint density at radius 3 is 2.73 bits per heavy atom.